The van der Waals surface area contributed by atoms with Crippen LogP contribution in [0.3, 0.4) is 0 Å². The molecule has 1 fully saturated rings. The molecule has 0 bridgehead atoms. The molecule has 0 heterocycles. The molecule has 8 nitrogen and oxygen atoms in total. The Morgan fingerprint density at radius 3 is 2.69 bits per heavy atom. The second-order valence-electron chi connectivity index (χ2n) is 6.34. The molecule has 1 aromatic carbocycles. The summed E-state index contributed by atoms with van der Waals surface area (Å²) in [6, 6.07) is 4.11. The number of nitro benzene ring substituents is 1. The minimum absolute atomic E-state index is 0.000824. The van der Waals surface area contributed by atoms with Crippen molar-refractivity contribution in [3.05, 3.63) is 33.4 Å². The second-order valence-corrected chi connectivity index (χ2v) is 6.34. The van der Waals surface area contributed by atoms with E-state index in [1.807, 2.05) is 6.07 Å². The molecule has 8 heteroatoms. The Balaban J connectivity index is 2.30. The fourth-order valence-electron chi connectivity index (χ4n) is 3.07. The van der Waals surface area contributed by atoms with E-state index in [4.69, 9.17) is 4.74 Å². The van der Waals surface area contributed by atoms with E-state index in [2.05, 4.69) is 12.2 Å². The van der Waals surface area contributed by atoms with Crippen LogP contribution in [0.5, 0.6) is 11.5 Å². The fourth-order valence-corrected chi connectivity index (χ4v) is 3.07. The Labute approximate surface area is 151 Å². The number of carbonyl (C=O) groups is 1. The first kappa shape index (κ1) is 19.2. The molecule has 0 radical (unpaired) electrons. The molecule has 1 amide bonds. The molecule has 0 aliphatic heterocycles. The number of carbonyl (C=O) groups excluding carboxylic acids is 1. The standard InChI is InChI=1S/C18H21N3O5/c1-11-5-3-4-6-14(11)20-18(23)13(10-19)7-12-8-15(21(24)25)17(22)16(9-12)26-2/h7-9,11,14,22H,3-6H2,1-2H3,(H,20,23)/p-1/b13-7+/t11-,14+/m1/s1. The lowest BCUT2D eigenvalue weighted by molar-refractivity contribution is -0.398. The summed E-state index contributed by atoms with van der Waals surface area (Å²) in [5, 5.41) is 35.0. The van der Waals surface area contributed by atoms with Crippen LogP contribution in [-0.4, -0.2) is 24.0 Å². The molecule has 2 rings (SSSR count). The van der Waals surface area contributed by atoms with Gasteiger partial charge in [0, 0.05) is 17.9 Å². The molecule has 1 aliphatic rings. The molecular formula is C18H20N3O5-. The number of nitriles is 1. The van der Waals surface area contributed by atoms with E-state index in [1.165, 1.54) is 19.3 Å². The molecule has 26 heavy (non-hydrogen) atoms. The molecule has 138 valence electrons. The lowest BCUT2D eigenvalue weighted by Crippen LogP contribution is -2.41. The zero-order chi connectivity index (χ0) is 19.3. The molecule has 0 aromatic heterocycles. The van der Waals surface area contributed by atoms with Gasteiger partial charge >= 0.3 is 0 Å². The molecule has 1 saturated carbocycles. The molecule has 0 spiro atoms. The van der Waals surface area contributed by atoms with Crippen LogP contribution >= 0.6 is 0 Å². The van der Waals surface area contributed by atoms with E-state index in [-0.39, 0.29) is 22.9 Å². The largest absolute Gasteiger partial charge is 0.865 e. The number of amides is 1. The highest BCUT2D eigenvalue weighted by Crippen LogP contribution is 2.35. The van der Waals surface area contributed by atoms with Crippen molar-refractivity contribution < 1.29 is 19.6 Å². The van der Waals surface area contributed by atoms with Crippen LogP contribution in [0.15, 0.2) is 17.7 Å². The molecule has 1 aliphatic carbocycles. The average molecular weight is 358 g/mol. The van der Waals surface area contributed by atoms with Crippen LogP contribution < -0.4 is 15.2 Å². The van der Waals surface area contributed by atoms with Crippen molar-refractivity contribution in [2.75, 3.05) is 7.11 Å². The number of nitrogens with one attached hydrogen (secondary N) is 1. The summed E-state index contributed by atoms with van der Waals surface area (Å²) >= 11 is 0. The van der Waals surface area contributed by atoms with Gasteiger partial charge in [0.2, 0.25) is 0 Å². The Bertz CT molecular complexity index is 782. The van der Waals surface area contributed by atoms with Gasteiger partial charge in [-0.1, -0.05) is 19.8 Å². The third-order valence-electron chi connectivity index (χ3n) is 4.58. The molecule has 0 unspecified atom stereocenters. The van der Waals surface area contributed by atoms with Crippen LogP contribution in [0.2, 0.25) is 0 Å². The maximum atomic E-state index is 12.4. The van der Waals surface area contributed by atoms with E-state index in [0.717, 1.165) is 31.7 Å². The van der Waals surface area contributed by atoms with Gasteiger partial charge in [-0.2, -0.15) is 5.26 Å². The number of methoxy groups -OCH3 is 1. The van der Waals surface area contributed by atoms with Crippen molar-refractivity contribution >= 4 is 17.7 Å². The Hall–Kier alpha value is -3.08. The predicted molar refractivity (Wildman–Crippen MR) is 92.2 cm³/mol. The highest BCUT2D eigenvalue weighted by Gasteiger charge is 2.24. The quantitative estimate of drug-likeness (QED) is 0.372. The zero-order valence-electron chi connectivity index (χ0n) is 14.7. The van der Waals surface area contributed by atoms with Crippen LogP contribution in [-0.2, 0) is 4.79 Å². The first-order valence-corrected chi connectivity index (χ1v) is 8.33. The Morgan fingerprint density at radius 2 is 2.12 bits per heavy atom. The highest BCUT2D eigenvalue weighted by atomic mass is 16.6. The number of hydrogen-bond donors (Lipinski definition) is 1. The Kier molecular flexibility index (Phi) is 6.17. The van der Waals surface area contributed by atoms with E-state index in [0.29, 0.717) is 5.92 Å². The Morgan fingerprint density at radius 1 is 1.42 bits per heavy atom. The van der Waals surface area contributed by atoms with Crippen LogP contribution in [0.4, 0.5) is 5.69 Å². The van der Waals surface area contributed by atoms with Gasteiger partial charge in [0.05, 0.1) is 12.0 Å². The van der Waals surface area contributed by atoms with Gasteiger partial charge in [-0.25, -0.2) is 0 Å². The SMILES string of the molecule is COc1cc(/C=C(\C#N)C(=O)N[C@H]2CCCC[C@H]2C)cc([N+](=O)[O-])c1[O-]. The summed E-state index contributed by atoms with van der Waals surface area (Å²) < 4.78 is 4.86. The third-order valence-corrected chi connectivity index (χ3v) is 4.58. The van der Waals surface area contributed by atoms with E-state index >= 15 is 0 Å². The number of nitrogens with zero attached hydrogens (tertiary/aromatic N) is 2. The topological polar surface area (TPSA) is 128 Å². The third kappa shape index (κ3) is 4.30. The fraction of sp³-hybridized carbons (Fsp3) is 0.444. The van der Waals surface area contributed by atoms with Crippen molar-refractivity contribution in [3.63, 3.8) is 0 Å². The van der Waals surface area contributed by atoms with Crippen molar-refractivity contribution in [1.82, 2.24) is 5.32 Å². The number of rotatable bonds is 5. The van der Waals surface area contributed by atoms with Crippen LogP contribution in [0.25, 0.3) is 6.08 Å². The highest BCUT2D eigenvalue weighted by molar-refractivity contribution is 6.02. The lowest BCUT2D eigenvalue weighted by Gasteiger charge is -2.29. The number of nitro groups is 1. The van der Waals surface area contributed by atoms with Crippen molar-refractivity contribution in [1.29, 1.82) is 5.26 Å². The smallest absolute Gasteiger partial charge is 0.266 e. The maximum absolute atomic E-state index is 12.4. The molecule has 2 atom stereocenters. The summed E-state index contributed by atoms with van der Waals surface area (Å²) in [5.41, 5.74) is -0.677. The van der Waals surface area contributed by atoms with E-state index < -0.39 is 22.3 Å². The number of benzene rings is 1. The van der Waals surface area contributed by atoms with Gasteiger partial charge in [-0.05, 0) is 36.5 Å². The van der Waals surface area contributed by atoms with Gasteiger partial charge in [-0.15, -0.1) is 0 Å². The van der Waals surface area contributed by atoms with Gasteiger partial charge in [0.1, 0.15) is 17.4 Å². The van der Waals surface area contributed by atoms with Gasteiger partial charge in [-0.3, -0.25) is 14.9 Å². The van der Waals surface area contributed by atoms with Crippen molar-refractivity contribution in [2.24, 2.45) is 5.92 Å². The van der Waals surface area contributed by atoms with Crippen molar-refractivity contribution in [3.8, 4) is 17.6 Å². The average Bonchev–Trinajstić information content (AvgIpc) is 2.62. The van der Waals surface area contributed by atoms with Gasteiger partial charge in [0.25, 0.3) is 11.6 Å². The van der Waals surface area contributed by atoms with E-state index in [1.54, 1.807) is 0 Å². The number of hydrogen-bond acceptors (Lipinski definition) is 6. The van der Waals surface area contributed by atoms with Crippen LogP contribution in [0, 0.1) is 27.4 Å². The zero-order valence-corrected chi connectivity index (χ0v) is 14.7. The lowest BCUT2D eigenvalue weighted by atomic mass is 9.86. The monoisotopic (exact) mass is 358 g/mol. The summed E-state index contributed by atoms with van der Waals surface area (Å²) in [5.74, 6) is -1.27. The first-order valence-electron chi connectivity index (χ1n) is 8.33. The first-order chi connectivity index (χ1) is 12.4. The summed E-state index contributed by atoms with van der Waals surface area (Å²) in [7, 11) is 1.22. The van der Waals surface area contributed by atoms with Gasteiger partial charge in [0.15, 0.2) is 0 Å². The summed E-state index contributed by atoms with van der Waals surface area (Å²) in [6.07, 6.45) is 5.24. The predicted octanol–water partition coefficient (Wildman–Crippen LogP) is 2.28. The van der Waals surface area contributed by atoms with Gasteiger partial charge < -0.3 is 15.2 Å². The second kappa shape index (κ2) is 8.34. The van der Waals surface area contributed by atoms with E-state index in [9.17, 15) is 25.3 Å². The molecular weight excluding hydrogens is 338 g/mol. The summed E-state index contributed by atoms with van der Waals surface area (Å²) in [4.78, 5) is 22.6. The van der Waals surface area contributed by atoms with Crippen LogP contribution in [0.1, 0.15) is 38.2 Å². The molecule has 1 aromatic rings. The van der Waals surface area contributed by atoms with Crippen molar-refractivity contribution in [2.45, 2.75) is 38.6 Å². The minimum Gasteiger partial charge on any atom is -0.865 e. The number of ether oxygens (including phenoxy) is 1. The maximum Gasteiger partial charge on any atom is 0.266 e. The normalized spacial score (nSPS) is 20.1. The minimum atomic E-state index is -0.853. The summed E-state index contributed by atoms with van der Waals surface area (Å²) in [6.45, 7) is 2.06. The molecule has 1 N–H and O–H groups in total. The molecule has 0 saturated heterocycles.